The molecule has 0 saturated carbocycles. The highest BCUT2D eigenvalue weighted by atomic mass is 16.5. The van der Waals surface area contributed by atoms with Crippen LogP contribution in [0.4, 0.5) is 5.82 Å². The molecular formula is C22H25N5O. The highest BCUT2D eigenvalue weighted by Crippen LogP contribution is 2.26. The summed E-state index contributed by atoms with van der Waals surface area (Å²) >= 11 is 0. The van der Waals surface area contributed by atoms with Crippen molar-refractivity contribution < 1.29 is 4.74 Å². The molecule has 0 unspecified atom stereocenters. The Hall–Kier alpha value is -3.04. The first kappa shape index (κ1) is 18.3. The van der Waals surface area contributed by atoms with E-state index >= 15 is 0 Å². The van der Waals surface area contributed by atoms with E-state index in [-0.39, 0.29) is 0 Å². The summed E-state index contributed by atoms with van der Waals surface area (Å²) in [6, 6.07) is 11.9. The van der Waals surface area contributed by atoms with Crippen LogP contribution in [-0.2, 0) is 6.42 Å². The van der Waals surface area contributed by atoms with Crippen molar-refractivity contribution in [3.05, 3.63) is 53.9 Å². The Labute approximate surface area is 165 Å². The summed E-state index contributed by atoms with van der Waals surface area (Å²) in [5, 5.41) is 10.3. The first-order valence-electron chi connectivity index (χ1n) is 9.75. The number of aromatic amines is 1. The minimum atomic E-state index is 0.717. The van der Waals surface area contributed by atoms with Crippen LogP contribution in [0.15, 0.2) is 42.7 Å². The quantitative estimate of drug-likeness (QED) is 0.717. The molecule has 1 aliphatic rings. The summed E-state index contributed by atoms with van der Waals surface area (Å²) in [5.74, 6) is 1.78. The summed E-state index contributed by atoms with van der Waals surface area (Å²) in [7, 11) is 1.70. The van der Waals surface area contributed by atoms with Gasteiger partial charge < -0.3 is 14.6 Å². The number of hydrogen-bond acceptors (Lipinski definition) is 5. The predicted octanol–water partition coefficient (Wildman–Crippen LogP) is 3.20. The van der Waals surface area contributed by atoms with Gasteiger partial charge in [-0.3, -0.25) is 4.90 Å². The molecule has 4 rings (SSSR count). The largest absolute Gasteiger partial charge is 0.493 e. The van der Waals surface area contributed by atoms with Crippen molar-refractivity contribution in [2.75, 3.05) is 44.7 Å². The molecule has 144 valence electrons. The van der Waals surface area contributed by atoms with Crippen molar-refractivity contribution in [3.63, 3.8) is 0 Å². The van der Waals surface area contributed by atoms with Crippen LogP contribution in [0.2, 0.25) is 0 Å². The zero-order valence-corrected chi connectivity index (χ0v) is 16.2. The number of aromatic nitrogens is 2. The van der Waals surface area contributed by atoms with Gasteiger partial charge in [-0.2, -0.15) is 5.26 Å². The molecule has 0 bridgehead atoms. The van der Waals surface area contributed by atoms with Gasteiger partial charge in [-0.05, 0) is 55.3 Å². The fourth-order valence-electron chi connectivity index (χ4n) is 3.91. The highest BCUT2D eigenvalue weighted by molar-refractivity contribution is 5.84. The van der Waals surface area contributed by atoms with Gasteiger partial charge >= 0.3 is 0 Å². The number of nitriles is 1. The van der Waals surface area contributed by atoms with Crippen LogP contribution in [0.25, 0.3) is 10.9 Å². The standard InChI is InChI=1S/C22H25N5O/c1-28-21-5-2-8-24-22(21)27-12-10-26(11-13-27)9-3-4-18-16-25-20-7-6-17(15-23)14-19(18)20/h2,5-8,14,16,25H,3-4,9-13H2,1H3. The molecule has 6 nitrogen and oxygen atoms in total. The zero-order valence-electron chi connectivity index (χ0n) is 16.2. The van der Waals surface area contributed by atoms with Gasteiger partial charge in [0.25, 0.3) is 0 Å². The molecule has 3 aromatic rings. The number of aryl methyl sites for hydroxylation is 1. The van der Waals surface area contributed by atoms with E-state index in [0.29, 0.717) is 0 Å². The minimum Gasteiger partial charge on any atom is -0.493 e. The number of hydrogen-bond donors (Lipinski definition) is 1. The number of benzene rings is 1. The molecule has 1 aromatic carbocycles. The molecule has 1 saturated heterocycles. The average molecular weight is 375 g/mol. The summed E-state index contributed by atoms with van der Waals surface area (Å²) in [6.07, 6.45) is 6.03. The summed E-state index contributed by atoms with van der Waals surface area (Å²) in [4.78, 5) is 12.6. The number of rotatable bonds is 6. The molecule has 0 amide bonds. The Morgan fingerprint density at radius 2 is 2.07 bits per heavy atom. The number of piperazine rings is 1. The van der Waals surface area contributed by atoms with Crippen LogP contribution >= 0.6 is 0 Å². The zero-order chi connectivity index (χ0) is 19.3. The minimum absolute atomic E-state index is 0.717. The van der Waals surface area contributed by atoms with Crippen molar-refractivity contribution in [2.45, 2.75) is 12.8 Å². The normalized spacial score (nSPS) is 14.9. The number of methoxy groups -OCH3 is 1. The van der Waals surface area contributed by atoms with Crippen molar-refractivity contribution in [1.82, 2.24) is 14.9 Å². The SMILES string of the molecule is COc1cccnc1N1CCN(CCCc2c[nH]c3ccc(C#N)cc23)CC1. The lowest BCUT2D eigenvalue weighted by Crippen LogP contribution is -2.47. The molecule has 6 heteroatoms. The molecule has 0 atom stereocenters. The third-order valence-electron chi connectivity index (χ3n) is 5.46. The molecule has 1 fully saturated rings. The fraction of sp³-hybridized carbons (Fsp3) is 0.364. The van der Waals surface area contributed by atoms with Crippen LogP contribution in [-0.4, -0.2) is 54.7 Å². The van der Waals surface area contributed by atoms with Gasteiger partial charge in [0.05, 0.1) is 18.7 Å². The summed E-state index contributed by atoms with van der Waals surface area (Å²) in [5.41, 5.74) is 3.12. The Morgan fingerprint density at radius 3 is 2.86 bits per heavy atom. The third kappa shape index (κ3) is 3.80. The van der Waals surface area contributed by atoms with E-state index in [4.69, 9.17) is 10.00 Å². The molecule has 0 aliphatic carbocycles. The van der Waals surface area contributed by atoms with E-state index in [1.54, 1.807) is 7.11 Å². The molecule has 28 heavy (non-hydrogen) atoms. The second kappa shape index (κ2) is 8.32. The topological polar surface area (TPSA) is 68.2 Å². The smallest absolute Gasteiger partial charge is 0.171 e. The van der Waals surface area contributed by atoms with Crippen LogP contribution in [0, 0.1) is 11.3 Å². The summed E-state index contributed by atoms with van der Waals surface area (Å²) < 4.78 is 5.44. The van der Waals surface area contributed by atoms with E-state index in [1.807, 2.05) is 36.5 Å². The molecule has 1 N–H and O–H groups in total. The van der Waals surface area contributed by atoms with Crippen LogP contribution < -0.4 is 9.64 Å². The first-order chi connectivity index (χ1) is 13.8. The Balaban J connectivity index is 1.30. The molecule has 0 radical (unpaired) electrons. The molecule has 0 spiro atoms. The monoisotopic (exact) mass is 375 g/mol. The van der Waals surface area contributed by atoms with Crippen LogP contribution in [0.1, 0.15) is 17.5 Å². The lowest BCUT2D eigenvalue weighted by molar-refractivity contribution is 0.253. The number of pyridine rings is 1. The van der Waals surface area contributed by atoms with Crippen molar-refractivity contribution in [1.29, 1.82) is 5.26 Å². The highest BCUT2D eigenvalue weighted by Gasteiger charge is 2.20. The average Bonchev–Trinajstić information content (AvgIpc) is 3.16. The number of H-pyrrole nitrogens is 1. The molecule has 3 heterocycles. The van der Waals surface area contributed by atoms with E-state index in [0.717, 1.165) is 68.2 Å². The number of fused-ring (bicyclic) bond motifs is 1. The van der Waals surface area contributed by atoms with Crippen molar-refractivity contribution >= 4 is 16.7 Å². The van der Waals surface area contributed by atoms with E-state index in [2.05, 4.69) is 32.0 Å². The number of anilines is 1. The van der Waals surface area contributed by atoms with Gasteiger partial charge in [0.15, 0.2) is 11.6 Å². The maximum absolute atomic E-state index is 9.13. The van der Waals surface area contributed by atoms with Crippen molar-refractivity contribution in [2.24, 2.45) is 0 Å². The van der Waals surface area contributed by atoms with Gasteiger partial charge in [-0.25, -0.2) is 4.98 Å². The van der Waals surface area contributed by atoms with E-state index in [1.165, 1.54) is 10.9 Å². The third-order valence-corrected chi connectivity index (χ3v) is 5.46. The van der Waals surface area contributed by atoms with Gasteiger partial charge in [-0.15, -0.1) is 0 Å². The van der Waals surface area contributed by atoms with Gasteiger partial charge in [0.2, 0.25) is 0 Å². The molecule has 2 aromatic heterocycles. The second-order valence-electron chi connectivity index (χ2n) is 7.15. The molecular weight excluding hydrogens is 350 g/mol. The maximum atomic E-state index is 9.13. The lowest BCUT2D eigenvalue weighted by atomic mass is 10.1. The van der Waals surface area contributed by atoms with Crippen molar-refractivity contribution in [3.8, 4) is 11.8 Å². The van der Waals surface area contributed by atoms with E-state index < -0.39 is 0 Å². The van der Waals surface area contributed by atoms with Crippen LogP contribution in [0.3, 0.4) is 0 Å². The van der Waals surface area contributed by atoms with Gasteiger partial charge in [0.1, 0.15) is 0 Å². The lowest BCUT2D eigenvalue weighted by Gasteiger charge is -2.35. The number of nitrogens with one attached hydrogen (secondary N) is 1. The molecule has 1 aliphatic heterocycles. The Kier molecular flexibility index (Phi) is 5.45. The van der Waals surface area contributed by atoms with E-state index in [9.17, 15) is 0 Å². The maximum Gasteiger partial charge on any atom is 0.171 e. The Morgan fingerprint density at radius 1 is 1.21 bits per heavy atom. The number of nitrogens with zero attached hydrogens (tertiary/aromatic N) is 4. The van der Waals surface area contributed by atoms with Crippen LogP contribution in [0.5, 0.6) is 5.75 Å². The fourth-order valence-corrected chi connectivity index (χ4v) is 3.91. The van der Waals surface area contributed by atoms with Gasteiger partial charge in [-0.1, -0.05) is 0 Å². The predicted molar refractivity (Wildman–Crippen MR) is 111 cm³/mol. The summed E-state index contributed by atoms with van der Waals surface area (Å²) in [6.45, 7) is 5.08. The van der Waals surface area contributed by atoms with Gasteiger partial charge in [0, 0.05) is 49.5 Å². The Bertz CT molecular complexity index is 982. The first-order valence-corrected chi connectivity index (χ1v) is 9.75. The second-order valence-corrected chi connectivity index (χ2v) is 7.15. The number of ether oxygens (including phenoxy) is 1.